The summed E-state index contributed by atoms with van der Waals surface area (Å²) in [5.74, 6) is -2.17. The minimum Gasteiger partial charge on any atom is -0.344 e. The molecular formula is C29H30FN3O3. The number of nitrogens with zero attached hydrogens (tertiary/aromatic N) is 2. The third kappa shape index (κ3) is 4.65. The van der Waals surface area contributed by atoms with E-state index in [4.69, 9.17) is 0 Å². The van der Waals surface area contributed by atoms with Gasteiger partial charge in [0.05, 0.1) is 22.4 Å². The Hall–Kier alpha value is -3.87. The standard InChI is InChI=1S/C29H30FN3O3/c1-28(2,3)19-15-13-18(14-16-19)23(30)24(25(34)32-29(4,5)22-12-8-9-17-31-22)33-26(35)20-10-6-7-11-21(20)27(33)36/h6-17,23-24H,1-5H3,(H,32,34)/t23-,24-/m0/s1. The average Bonchev–Trinajstić information content (AvgIpc) is 3.09. The summed E-state index contributed by atoms with van der Waals surface area (Å²) in [6, 6.07) is 16.7. The maximum atomic E-state index is 16.3. The Balaban J connectivity index is 1.73. The third-order valence-electron chi connectivity index (χ3n) is 6.49. The Morgan fingerprint density at radius 1 is 0.861 bits per heavy atom. The highest BCUT2D eigenvalue weighted by molar-refractivity contribution is 6.23. The van der Waals surface area contributed by atoms with Crippen LogP contribution in [0.3, 0.4) is 0 Å². The van der Waals surface area contributed by atoms with Gasteiger partial charge < -0.3 is 5.32 Å². The zero-order valence-electron chi connectivity index (χ0n) is 21.1. The van der Waals surface area contributed by atoms with Gasteiger partial charge in [0.25, 0.3) is 11.8 Å². The van der Waals surface area contributed by atoms with Crippen molar-refractivity contribution in [3.8, 4) is 0 Å². The van der Waals surface area contributed by atoms with Crippen molar-refractivity contribution < 1.29 is 18.8 Å². The van der Waals surface area contributed by atoms with Gasteiger partial charge in [-0.05, 0) is 54.7 Å². The van der Waals surface area contributed by atoms with E-state index in [1.807, 2.05) is 20.8 Å². The lowest BCUT2D eigenvalue weighted by Crippen LogP contribution is -2.55. The fraction of sp³-hybridized carbons (Fsp3) is 0.310. The lowest BCUT2D eigenvalue weighted by atomic mass is 9.86. The van der Waals surface area contributed by atoms with E-state index in [2.05, 4.69) is 10.3 Å². The molecule has 4 rings (SSSR count). The van der Waals surface area contributed by atoms with Crippen molar-refractivity contribution in [2.75, 3.05) is 0 Å². The van der Waals surface area contributed by atoms with Crippen molar-refractivity contribution in [3.05, 3.63) is 101 Å². The molecule has 0 aliphatic carbocycles. The number of aromatic nitrogens is 1. The molecule has 0 saturated carbocycles. The average molecular weight is 488 g/mol. The van der Waals surface area contributed by atoms with Gasteiger partial charge in [0, 0.05) is 6.20 Å². The molecule has 0 unspecified atom stereocenters. The molecule has 1 N–H and O–H groups in total. The largest absolute Gasteiger partial charge is 0.344 e. The number of benzene rings is 2. The third-order valence-corrected chi connectivity index (χ3v) is 6.49. The van der Waals surface area contributed by atoms with Crippen LogP contribution >= 0.6 is 0 Å². The summed E-state index contributed by atoms with van der Waals surface area (Å²) < 4.78 is 16.3. The number of alkyl halides is 1. The minimum atomic E-state index is -1.94. The van der Waals surface area contributed by atoms with Crippen molar-refractivity contribution in [1.82, 2.24) is 15.2 Å². The first kappa shape index (κ1) is 25.2. The number of hydrogen-bond donors (Lipinski definition) is 1. The van der Waals surface area contributed by atoms with Crippen LogP contribution in [0.15, 0.2) is 72.9 Å². The number of pyridine rings is 1. The van der Waals surface area contributed by atoms with E-state index in [-0.39, 0.29) is 22.1 Å². The lowest BCUT2D eigenvalue weighted by Gasteiger charge is -2.33. The molecular weight excluding hydrogens is 457 g/mol. The van der Waals surface area contributed by atoms with Crippen molar-refractivity contribution in [1.29, 1.82) is 0 Å². The van der Waals surface area contributed by atoms with E-state index in [1.165, 1.54) is 12.1 Å². The van der Waals surface area contributed by atoms with Gasteiger partial charge in [0.15, 0.2) is 12.2 Å². The second-order valence-electron chi connectivity index (χ2n) is 10.6. The van der Waals surface area contributed by atoms with Gasteiger partial charge in [-0.25, -0.2) is 4.39 Å². The van der Waals surface area contributed by atoms with Gasteiger partial charge in [0.2, 0.25) is 5.91 Å². The van der Waals surface area contributed by atoms with Crippen molar-refractivity contribution >= 4 is 17.7 Å². The molecule has 0 radical (unpaired) electrons. The maximum Gasteiger partial charge on any atom is 0.262 e. The van der Waals surface area contributed by atoms with E-state index in [9.17, 15) is 14.4 Å². The van der Waals surface area contributed by atoms with Crippen LogP contribution in [0.2, 0.25) is 0 Å². The molecule has 3 amide bonds. The van der Waals surface area contributed by atoms with E-state index >= 15 is 4.39 Å². The molecule has 0 saturated heterocycles. The monoisotopic (exact) mass is 487 g/mol. The van der Waals surface area contributed by atoms with Crippen LogP contribution in [-0.2, 0) is 15.7 Å². The van der Waals surface area contributed by atoms with Crippen LogP contribution in [0.25, 0.3) is 0 Å². The van der Waals surface area contributed by atoms with Crippen LogP contribution < -0.4 is 5.32 Å². The number of carbonyl (C=O) groups excluding carboxylic acids is 3. The normalized spacial score (nSPS) is 15.4. The lowest BCUT2D eigenvalue weighted by molar-refractivity contribution is -0.129. The summed E-state index contributed by atoms with van der Waals surface area (Å²) in [6.45, 7) is 9.60. The summed E-state index contributed by atoms with van der Waals surface area (Å²) in [5.41, 5.74) is 0.942. The summed E-state index contributed by atoms with van der Waals surface area (Å²) in [6.07, 6.45) is -0.347. The summed E-state index contributed by atoms with van der Waals surface area (Å²) in [7, 11) is 0. The molecule has 1 aromatic heterocycles. The molecule has 3 aromatic rings. The molecule has 2 atom stereocenters. The molecule has 7 heteroatoms. The smallest absolute Gasteiger partial charge is 0.262 e. The highest BCUT2D eigenvalue weighted by Crippen LogP contribution is 2.34. The van der Waals surface area contributed by atoms with Crippen LogP contribution in [0.5, 0.6) is 0 Å². The van der Waals surface area contributed by atoms with Crippen LogP contribution in [-0.4, -0.2) is 33.6 Å². The van der Waals surface area contributed by atoms with Gasteiger partial charge in [-0.15, -0.1) is 0 Å². The summed E-state index contributed by atoms with van der Waals surface area (Å²) >= 11 is 0. The molecule has 186 valence electrons. The Labute approximate surface area is 210 Å². The highest BCUT2D eigenvalue weighted by Gasteiger charge is 2.48. The highest BCUT2D eigenvalue weighted by atomic mass is 19.1. The maximum absolute atomic E-state index is 16.3. The molecule has 0 spiro atoms. The minimum absolute atomic E-state index is 0.143. The molecule has 6 nitrogen and oxygen atoms in total. The molecule has 0 fully saturated rings. The predicted molar refractivity (Wildman–Crippen MR) is 135 cm³/mol. The number of fused-ring (bicyclic) bond motifs is 1. The van der Waals surface area contributed by atoms with E-state index < -0.39 is 35.5 Å². The second-order valence-corrected chi connectivity index (χ2v) is 10.6. The van der Waals surface area contributed by atoms with E-state index in [0.29, 0.717) is 5.69 Å². The molecule has 36 heavy (non-hydrogen) atoms. The number of hydrogen-bond acceptors (Lipinski definition) is 4. The number of imide groups is 1. The first-order chi connectivity index (χ1) is 16.9. The Kier molecular flexibility index (Phi) is 6.52. The zero-order chi connectivity index (χ0) is 26.3. The Morgan fingerprint density at radius 2 is 1.42 bits per heavy atom. The number of halogens is 1. The van der Waals surface area contributed by atoms with E-state index in [1.54, 1.807) is 74.6 Å². The fourth-order valence-corrected chi connectivity index (χ4v) is 4.37. The molecule has 1 aliphatic heterocycles. The van der Waals surface area contributed by atoms with Crippen LogP contribution in [0.4, 0.5) is 4.39 Å². The van der Waals surface area contributed by atoms with E-state index in [0.717, 1.165) is 10.5 Å². The molecule has 2 aromatic carbocycles. The molecule has 0 bridgehead atoms. The molecule has 2 heterocycles. The fourth-order valence-electron chi connectivity index (χ4n) is 4.37. The van der Waals surface area contributed by atoms with Gasteiger partial charge in [-0.3, -0.25) is 24.3 Å². The topological polar surface area (TPSA) is 79.4 Å². The Morgan fingerprint density at radius 3 is 1.92 bits per heavy atom. The SMILES string of the molecule is CC(C)(C)c1ccc([C@H](F)[C@@H](C(=O)NC(C)(C)c2ccccn2)N2C(=O)c3ccccc3C2=O)cc1. The predicted octanol–water partition coefficient (Wildman–Crippen LogP) is 5.11. The Bertz CT molecular complexity index is 1260. The van der Waals surface area contributed by atoms with Gasteiger partial charge in [-0.1, -0.05) is 63.2 Å². The number of nitrogens with one attached hydrogen (secondary N) is 1. The van der Waals surface area contributed by atoms with Crippen LogP contribution in [0.1, 0.15) is 78.3 Å². The summed E-state index contributed by atoms with van der Waals surface area (Å²) in [4.78, 5) is 45.2. The summed E-state index contributed by atoms with van der Waals surface area (Å²) in [5, 5.41) is 2.82. The number of rotatable bonds is 6. The van der Waals surface area contributed by atoms with Crippen molar-refractivity contribution in [3.63, 3.8) is 0 Å². The first-order valence-corrected chi connectivity index (χ1v) is 11.9. The van der Waals surface area contributed by atoms with Gasteiger partial charge >= 0.3 is 0 Å². The van der Waals surface area contributed by atoms with Crippen molar-refractivity contribution in [2.45, 2.75) is 57.8 Å². The van der Waals surface area contributed by atoms with Crippen molar-refractivity contribution in [2.24, 2.45) is 0 Å². The van der Waals surface area contributed by atoms with Gasteiger partial charge in [0.1, 0.15) is 0 Å². The number of carbonyl (C=O) groups is 3. The van der Waals surface area contributed by atoms with Crippen LogP contribution in [0, 0.1) is 0 Å². The number of amides is 3. The first-order valence-electron chi connectivity index (χ1n) is 11.9. The molecule has 1 aliphatic rings. The zero-order valence-corrected chi connectivity index (χ0v) is 21.1. The second kappa shape index (κ2) is 9.30. The van der Waals surface area contributed by atoms with Gasteiger partial charge in [-0.2, -0.15) is 0 Å². The quantitative estimate of drug-likeness (QED) is 0.491.